The fourth-order valence-corrected chi connectivity index (χ4v) is 3.02. The first-order valence-corrected chi connectivity index (χ1v) is 6.90. The maximum absolute atomic E-state index is 10.1. The highest BCUT2D eigenvalue weighted by Gasteiger charge is 2.63. The molecule has 0 amide bonds. The van der Waals surface area contributed by atoms with Gasteiger partial charge in [0.25, 0.3) is 0 Å². The van der Waals surface area contributed by atoms with E-state index in [2.05, 4.69) is 0 Å². The Morgan fingerprint density at radius 2 is 1.32 bits per heavy atom. The van der Waals surface area contributed by atoms with Gasteiger partial charge in [0.1, 0.15) is 54.4 Å². The summed E-state index contributed by atoms with van der Waals surface area (Å²) in [5.41, 5.74) is -2.03. The van der Waals surface area contributed by atoms with Crippen LogP contribution in [0.4, 0.5) is 0 Å². The maximum Gasteiger partial charge on any atom is 0.149 e. The predicted octanol–water partition coefficient (Wildman–Crippen LogP) is -5.33. The van der Waals surface area contributed by atoms with Gasteiger partial charge >= 0.3 is 0 Å². The zero-order chi connectivity index (χ0) is 16.7. The highest BCUT2D eigenvalue weighted by atomic mass is 16.6. The van der Waals surface area contributed by atoms with Gasteiger partial charge in [-0.2, -0.15) is 0 Å². The molecule has 2 saturated heterocycles. The van der Waals surface area contributed by atoms with E-state index in [4.69, 9.17) is 19.7 Å². The van der Waals surface area contributed by atoms with Crippen molar-refractivity contribution >= 4 is 0 Å². The molecule has 130 valence electrons. The molecule has 10 nitrogen and oxygen atoms in total. The predicted molar refractivity (Wildman–Crippen MR) is 67.6 cm³/mol. The van der Waals surface area contributed by atoms with Crippen molar-refractivity contribution in [3.8, 4) is 0 Å². The summed E-state index contributed by atoms with van der Waals surface area (Å²) in [5, 5.41) is 77.5. The summed E-state index contributed by atoms with van der Waals surface area (Å²) in [4.78, 5) is 0. The van der Waals surface area contributed by atoms with Crippen LogP contribution in [0.3, 0.4) is 0 Å². The van der Waals surface area contributed by atoms with Crippen LogP contribution in [0.5, 0.6) is 0 Å². The maximum atomic E-state index is 10.1. The number of hydrogen-bond acceptors (Lipinski definition) is 10. The molecule has 0 bridgehead atoms. The molecule has 0 aromatic carbocycles. The second-order valence-electron chi connectivity index (χ2n) is 5.64. The van der Waals surface area contributed by atoms with E-state index in [9.17, 15) is 30.6 Å². The van der Waals surface area contributed by atoms with E-state index < -0.39 is 74.3 Å². The van der Waals surface area contributed by atoms with Crippen LogP contribution in [0.25, 0.3) is 0 Å². The lowest BCUT2D eigenvalue weighted by Crippen LogP contribution is -2.69. The number of hydrogen-bond donors (Lipinski definition) is 8. The summed E-state index contributed by atoms with van der Waals surface area (Å²) in [6.45, 7) is -2.24. The van der Waals surface area contributed by atoms with Gasteiger partial charge in [0.2, 0.25) is 0 Å². The van der Waals surface area contributed by atoms with Crippen molar-refractivity contribution in [2.24, 2.45) is 0 Å². The van der Waals surface area contributed by atoms with Gasteiger partial charge in [0.15, 0.2) is 0 Å². The monoisotopic (exact) mass is 326 g/mol. The molecule has 2 rings (SSSR count). The van der Waals surface area contributed by atoms with Crippen LogP contribution < -0.4 is 0 Å². The zero-order valence-electron chi connectivity index (χ0n) is 11.6. The molecular formula is C12H22O10. The van der Waals surface area contributed by atoms with Crippen LogP contribution in [-0.4, -0.2) is 115 Å². The van der Waals surface area contributed by atoms with Gasteiger partial charge in [-0.25, -0.2) is 0 Å². The Morgan fingerprint density at radius 1 is 0.727 bits per heavy atom. The first-order chi connectivity index (χ1) is 10.3. The smallest absolute Gasteiger partial charge is 0.149 e. The lowest BCUT2D eigenvalue weighted by Gasteiger charge is -2.47. The Morgan fingerprint density at radius 3 is 1.77 bits per heavy atom. The third-order valence-electron chi connectivity index (χ3n) is 4.38. The molecule has 2 heterocycles. The van der Waals surface area contributed by atoms with E-state index >= 15 is 0 Å². The summed E-state index contributed by atoms with van der Waals surface area (Å²) >= 11 is 0. The highest BCUT2D eigenvalue weighted by molar-refractivity contribution is 5.11. The number of ether oxygens (including phenoxy) is 2. The molecule has 10 heteroatoms. The third-order valence-corrected chi connectivity index (χ3v) is 4.38. The Kier molecular flexibility index (Phi) is 5.39. The van der Waals surface area contributed by atoms with Crippen molar-refractivity contribution in [3.63, 3.8) is 0 Å². The van der Waals surface area contributed by atoms with E-state index in [1.165, 1.54) is 0 Å². The van der Waals surface area contributed by atoms with Crippen LogP contribution in [0.1, 0.15) is 0 Å². The minimum absolute atomic E-state index is 0.655. The van der Waals surface area contributed by atoms with E-state index in [0.717, 1.165) is 0 Å². The zero-order valence-corrected chi connectivity index (χ0v) is 11.6. The molecule has 1 unspecified atom stereocenters. The van der Waals surface area contributed by atoms with Gasteiger partial charge in [0, 0.05) is 0 Å². The van der Waals surface area contributed by atoms with Gasteiger partial charge in [-0.05, 0) is 0 Å². The van der Waals surface area contributed by atoms with Gasteiger partial charge in [-0.15, -0.1) is 0 Å². The summed E-state index contributed by atoms with van der Waals surface area (Å²) in [7, 11) is 0. The van der Waals surface area contributed by atoms with E-state index in [-0.39, 0.29) is 0 Å². The van der Waals surface area contributed by atoms with Crippen LogP contribution in [0.2, 0.25) is 0 Å². The van der Waals surface area contributed by atoms with Gasteiger partial charge < -0.3 is 50.3 Å². The van der Waals surface area contributed by atoms with Gasteiger partial charge in [0.05, 0.1) is 19.8 Å². The molecule has 22 heavy (non-hydrogen) atoms. The summed E-state index contributed by atoms with van der Waals surface area (Å²) in [6, 6.07) is 0. The molecule has 8 N–H and O–H groups in total. The Balaban J connectivity index is 2.33. The molecular weight excluding hydrogens is 304 g/mol. The van der Waals surface area contributed by atoms with Crippen LogP contribution >= 0.6 is 0 Å². The van der Waals surface area contributed by atoms with Crippen LogP contribution in [0, 0.1) is 0 Å². The quantitative estimate of drug-likeness (QED) is 0.248. The van der Waals surface area contributed by atoms with Crippen LogP contribution in [-0.2, 0) is 9.47 Å². The highest BCUT2D eigenvalue weighted by Crippen LogP contribution is 2.39. The third kappa shape index (κ3) is 2.55. The first-order valence-electron chi connectivity index (χ1n) is 6.90. The topological polar surface area (TPSA) is 180 Å². The number of aliphatic hydroxyl groups excluding tert-OH is 8. The average Bonchev–Trinajstić information content (AvgIpc) is 2.78. The molecule has 2 aliphatic heterocycles. The molecule has 2 fully saturated rings. The molecule has 2 aliphatic rings. The van der Waals surface area contributed by atoms with E-state index in [0.29, 0.717) is 0 Å². The summed E-state index contributed by atoms with van der Waals surface area (Å²) in [5.74, 6) is 0. The lowest BCUT2D eigenvalue weighted by atomic mass is 9.81. The first kappa shape index (κ1) is 17.9. The average molecular weight is 326 g/mol. The van der Waals surface area contributed by atoms with Crippen molar-refractivity contribution in [2.75, 3.05) is 19.8 Å². The fourth-order valence-electron chi connectivity index (χ4n) is 3.02. The second-order valence-corrected chi connectivity index (χ2v) is 5.64. The Hall–Kier alpha value is -0.400. The molecule has 0 aromatic rings. The summed E-state index contributed by atoms with van der Waals surface area (Å²) < 4.78 is 10.6. The van der Waals surface area contributed by atoms with Crippen LogP contribution in [0.15, 0.2) is 0 Å². The summed E-state index contributed by atoms with van der Waals surface area (Å²) in [6.07, 6.45) is -12.4. The van der Waals surface area contributed by atoms with E-state index in [1.807, 2.05) is 0 Å². The molecule has 0 radical (unpaired) electrons. The normalized spacial score (nSPS) is 52.9. The van der Waals surface area contributed by atoms with Crippen molar-refractivity contribution in [1.29, 1.82) is 0 Å². The van der Waals surface area contributed by atoms with Gasteiger partial charge in [-0.1, -0.05) is 0 Å². The SMILES string of the molecule is OC[C@H]1O[C@@](CO)(C2O[C@H](CO)[C@@H](O)[C@H](O)[C@H]2O)[C@@H](O)[C@@H]1O. The second kappa shape index (κ2) is 6.61. The van der Waals surface area contributed by atoms with E-state index in [1.54, 1.807) is 0 Å². The standard InChI is InChI=1S/C12H22O10/c13-1-4-6(16)8(18)9(19)11(21-4)12(3-15)10(20)7(17)5(2-14)22-12/h4-11,13-20H,1-3H2/t4-,5-,6-,7-,8+,9-,10+,11?,12-/m1/s1. The molecule has 0 saturated carbocycles. The van der Waals surface area contributed by atoms with Crippen molar-refractivity contribution in [2.45, 2.75) is 54.4 Å². The molecule has 9 atom stereocenters. The number of rotatable bonds is 4. The fraction of sp³-hybridized carbons (Fsp3) is 1.00. The van der Waals surface area contributed by atoms with Gasteiger partial charge in [-0.3, -0.25) is 0 Å². The minimum atomic E-state index is -2.03. The number of aliphatic hydroxyl groups is 8. The Bertz CT molecular complexity index is 379. The Labute approximate surface area is 125 Å². The van der Waals surface area contributed by atoms with Crippen molar-refractivity contribution in [1.82, 2.24) is 0 Å². The lowest BCUT2D eigenvalue weighted by molar-refractivity contribution is -0.291. The molecule has 0 aromatic heterocycles. The van der Waals surface area contributed by atoms with Crippen molar-refractivity contribution < 1.29 is 50.3 Å². The molecule has 0 spiro atoms. The minimum Gasteiger partial charge on any atom is -0.394 e. The largest absolute Gasteiger partial charge is 0.394 e. The van der Waals surface area contributed by atoms with Crippen molar-refractivity contribution in [3.05, 3.63) is 0 Å². The molecule has 0 aliphatic carbocycles.